The van der Waals surface area contributed by atoms with Gasteiger partial charge >= 0.3 is 0 Å². The molecule has 1 heterocycles. The molecule has 0 atom stereocenters. The third-order valence-corrected chi connectivity index (χ3v) is 2.35. The van der Waals surface area contributed by atoms with E-state index in [4.69, 9.17) is 0 Å². The highest BCUT2D eigenvalue weighted by Crippen LogP contribution is 2.29. The first-order valence-corrected chi connectivity index (χ1v) is 4.84. The maximum absolute atomic E-state index is 11.1. The van der Waals surface area contributed by atoms with Crippen LogP contribution in [0.2, 0.25) is 0 Å². The molecule has 0 aliphatic carbocycles. The van der Waals surface area contributed by atoms with Crippen LogP contribution in [0.3, 0.4) is 0 Å². The molecule has 0 aliphatic heterocycles. The van der Waals surface area contributed by atoms with Gasteiger partial charge in [-0.15, -0.1) is 0 Å². The highest BCUT2D eigenvalue weighted by molar-refractivity contribution is 5.84. The molecule has 0 saturated carbocycles. The summed E-state index contributed by atoms with van der Waals surface area (Å²) in [5.74, 6) is 0. The molecule has 0 spiro atoms. The van der Waals surface area contributed by atoms with Gasteiger partial charge in [-0.05, 0) is 6.07 Å². The van der Waals surface area contributed by atoms with Crippen molar-refractivity contribution in [2.24, 2.45) is 0 Å². The predicted molar refractivity (Wildman–Crippen MR) is 63.3 cm³/mol. The van der Waals surface area contributed by atoms with Gasteiger partial charge in [0.05, 0.1) is 22.2 Å². The number of nitrogens with zero attached hydrogens (tertiary/aromatic N) is 3. The molecule has 0 saturated heterocycles. The summed E-state index contributed by atoms with van der Waals surface area (Å²) in [5, 5.41) is 10.9. The maximum atomic E-state index is 11.1. The number of nitrogens with one attached hydrogen (secondary N) is 1. The van der Waals surface area contributed by atoms with E-state index in [9.17, 15) is 14.9 Å². The van der Waals surface area contributed by atoms with Gasteiger partial charge in [0, 0.05) is 20.2 Å². The fourth-order valence-electron chi connectivity index (χ4n) is 1.57. The largest absolute Gasteiger partial charge is 0.372 e. The molecule has 2 rings (SSSR count). The molecule has 0 unspecified atom stereocenters. The Balaban J connectivity index is 2.81. The zero-order valence-corrected chi connectivity index (χ0v) is 9.30. The summed E-state index contributed by atoms with van der Waals surface area (Å²) in [6.07, 6.45) is 1.15. The minimum atomic E-state index is -0.486. The molecule has 0 bridgehead atoms. The number of fused-ring (bicyclic) bond motifs is 1. The van der Waals surface area contributed by atoms with Gasteiger partial charge < -0.3 is 9.88 Å². The molecule has 88 valence electrons. The van der Waals surface area contributed by atoms with Crippen LogP contribution < -0.4 is 10.5 Å². The summed E-state index contributed by atoms with van der Waals surface area (Å²) in [4.78, 5) is 29.6. The third kappa shape index (κ3) is 1.94. The van der Waals surface area contributed by atoms with Gasteiger partial charge in [0.15, 0.2) is 0 Å². The highest BCUT2D eigenvalue weighted by Gasteiger charge is 2.17. The average Bonchev–Trinajstić information content (AvgIpc) is 2.26. The van der Waals surface area contributed by atoms with E-state index in [1.165, 1.54) is 6.07 Å². The quantitative estimate of drug-likeness (QED) is 0.615. The number of aromatic nitrogens is 2. The van der Waals surface area contributed by atoms with Gasteiger partial charge in [-0.25, -0.2) is 4.98 Å². The summed E-state index contributed by atoms with van der Waals surface area (Å²) in [6, 6.07) is 2.89. The maximum Gasteiger partial charge on any atom is 0.294 e. The normalized spacial score (nSPS) is 10.5. The van der Waals surface area contributed by atoms with Gasteiger partial charge in [-0.3, -0.25) is 14.9 Å². The van der Waals surface area contributed by atoms with Crippen LogP contribution in [0.15, 0.2) is 23.1 Å². The van der Waals surface area contributed by atoms with Crippen molar-refractivity contribution in [3.63, 3.8) is 0 Å². The van der Waals surface area contributed by atoms with Crippen molar-refractivity contribution < 1.29 is 4.92 Å². The van der Waals surface area contributed by atoms with E-state index in [0.717, 1.165) is 6.20 Å². The molecule has 0 fully saturated rings. The summed E-state index contributed by atoms with van der Waals surface area (Å²) in [5.41, 5.74) is 0.867. The number of hydrogen-bond acceptors (Lipinski definition) is 5. The minimum Gasteiger partial charge on any atom is -0.372 e. The number of H-pyrrole nitrogens is 1. The second-order valence-corrected chi connectivity index (χ2v) is 3.76. The molecular weight excluding hydrogens is 224 g/mol. The first-order chi connectivity index (χ1) is 7.99. The van der Waals surface area contributed by atoms with Crippen molar-refractivity contribution in [3.8, 4) is 0 Å². The Hall–Kier alpha value is -2.44. The van der Waals surface area contributed by atoms with Crippen molar-refractivity contribution in [2.75, 3.05) is 19.0 Å². The summed E-state index contributed by atoms with van der Waals surface area (Å²) >= 11 is 0. The van der Waals surface area contributed by atoms with Crippen LogP contribution in [0.1, 0.15) is 0 Å². The van der Waals surface area contributed by atoms with Crippen LogP contribution in [-0.2, 0) is 0 Å². The number of benzene rings is 1. The van der Waals surface area contributed by atoms with Crippen LogP contribution in [-0.4, -0.2) is 29.0 Å². The molecule has 1 aromatic heterocycles. The van der Waals surface area contributed by atoms with Crippen LogP contribution in [0.25, 0.3) is 11.0 Å². The van der Waals surface area contributed by atoms with E-state index in [2.05, 4.69) is 9.97 Å². The second-order valence-electron chi connectivity index (χ2n) is 3.76. The van der Waals surface area contributed by atoms with E-state index < -0.39 is 4.92 Å². The molecular formula is C10H10N4O3. The van der Waals surface area contributed by atoms with Crippen molar-refractivity contribution >= 4 is 22.4 Å². The summed E-state index contributed by atoms with van der Waals surface area (Å²) in [6.45, 7) is 0. The zero-order valence-electron chi connectivity index (χ0n) is 9.30. The number of rotatable bonds is 2. The number of nitro benzene ring substituents is 1. The Kier molecular flexibility index (Phi) is 2.51. The SMILES string of the molecule is CN(C)c1cc2ncc(=O)[nH]c2cc1[N+](=O)[O-]. The zero-order chi connectivity index (χ0) is 12.6. The standard InChI is InChI=1S/C10H10N4O3/c1-13(2)8-3-6-7(4-9(8)14(16)17)12-10(15)5-11-6/h3-5H,1-2H3,(H,12,15). The molecule has 2 aromatic rings. The van der Waals surface area contributed by atoms with Crippen molar-refractivity contribution in [3.05, 3.63) is 38.8 Å². The monoisotopic (exact) mass is 234 g/mol. The number of hydrogen-bond donors (Lipinski definition) is 1. The average molecular weight is 234 g/mol. The van der Waals surface area contributed by atoms with Gasteiger partial charge in [-0.1, -0.05) is 0 Å². The molecule has 1 aromatic carbocycles. The first-order valence-electron chi connectivity index (χ1n) is 4.84. The number of anilines is 1. The molecule has 1 N–H and O–H groups in total. The van der Waals surface area contributed by atoms with Gasteiger partial charge in [0.2, 0.25) is 0 Å². The highest BCUT2D eigenvalue weighted by atomic mass is 16.6. The van der Waals surface area contributed by atoms with E-state index in [-0.39, 0.29) is 11.2 Å². The second kappa shape index (κ2) is 3.85. The third-order valence-electron chi connectivity index (χ3n) is 2.35. The summed E-state index contributed by atoms with van der Waals surface area (Å²) < 4.78 is 0. The molecule has 0 aliphatic rings. The molecule has 7 heteroatoms. The Morgan fingerprint density at radius 2 is 2.12 bits per heavy atom. The van der Waals surface area contributed by atoms with E-state index in [0.29, 0.717) is 16.7 Å². The Morgan fingerprint density at radius 1 is 1.41 bits per heavy atom. The lowest BCUT2D eigenvalue weighted by atomic mass is 10.2. The Morgan fingerprint density at radius 3 is 2.71 bits per heavy atom. The van der Waals surface area contributed by atoms with Crippen LogP contribution >= 0.6 is 0 Å². The van der Waals surface area contributed by atoms with Crippen LogP contribution in [0, 0.1) is 10.1 Å². The number of nitro groups is 1. The van der Waals surface area contributed by atoms with Crippen LogP contribution in [0.4, 0.5) is 11.4 Å². The van der Waals surface area contributed by atoms with Crippen molar-refractivity contribution in [1.29, 1.82) is 0 Å². The molecule has 7 nitrogen and oxygen atoms in total. The smallest absolute Gasteiger partial charge is 0.294 e. The molecule has 0 radical (unpaired) electrons. The Labute approximate surface area is 95.9 Å². The Bertz CT molecular complexity index is 648. The lowest BCUT2D eigenvalue weighted by molar-refractivity contribution is -0.384. The molecule has 17 heavy (non-hydrogen) atoms. The topological polar surface area (TPSA) is 92.1 Å². The lowest BCUT2D eigenvalue weighted by Gasteiger charge is -2.12. The van der Waals surface area contributed by atoms with Crippen molar-refractivity contribution in [1.82, 2.24) is 9.97 Å². The van der Waals surface area contributed by atoms with Gasteiger partial charge in [0.1, 0.15) is 5.69 Å². The van der Waals surface area contributed by atoms with E-state index in [1.54, 1.807) is 25.1 Å². The van der Waals surface area contributed by atoms with Gasteiger partial charge in [0.25, 0.3) is 11.2 Å². The van der Waals surface area contributed by atoms with Crippen LogP contribution in [0.5, 0.6) is 0 Å². The van der Waals surface area contributed by atoms with E-state index in [1.807, 2.05) is 0 Å². The fraction of sp³-hybridized carbons (Fsp3) is 0.200. The number of aromatic amines is 1. The van der Waals surface area contributed by atoms with Crippen molar-refractivity contribution in [2.45, 2.75) is 0 Å². The van der Waals surface area contributed by atoms with Gasteiger partial charge in [-0.2, -0.15) is 0 Å². The fourth-order valence-corrected chi connectivity index (χ4v) is 1.57. The van der Waals surface area contributed by atoms with E-state index >= 15 is 0 Å². The predicted octanol–water partition coefficient (Wildman–Crippen LogP) is 0.897. The lowest BCUT2D eigenvalue weighted by Crippen LogP contribution is -2.12. The molecule has 0 amide bonds. The first kappa shape index (κ1) is 11.1. The summed E-state index contributed by atoms with van der Waals surface area (Å²) in [7, 11) is 3.42. The minimum absolute atomic E-state index is 0.0637.